The van der Waals surface area contributed by atoms with E-state index in [9.17, 15) is 4.79 Å². The second-order valence-electron chi connectivity index (χ2n) is 6.83. The van der Waals surface area contributed by atoms with E-state index in [1.54, 1.807) is 12.1 Å². The van der Waals surface area contributed by atoms with E-state index in [-0.39, 0.29) is 5.91 Å². The molecule has 0 saturated carbocycles. The van der Waals surface area contributed by atoms with E-state index >= 15 is 0 Å². The van der Waals surface area contributed by atoms with E-state index in [4.69, 9.17) is 25.6 Å². The number of amides is 1. The van der Waals surface area contributed by atoms with Gasteiger partial charge in [-0.1, -0.05) is 6.08 Å². The lowest BCUT2D eigenvalue weighted by Gasteiger charge is -2.16. The Kier molecular flexibility index (Phi) is 7.51. The maximum Gasteiger partial charge on any atom is 0.251 e. The molecule has 1 amide bonds. The van der Waals surface area contributed by atoms with Gasteiger partial charge in [0.2, 0.25) is 0 Å². The molecule has 2 heterocycles. The van der Waals surface area contributed by atoms with Crippen LogP contribution in [0.1, 0.15) is 42.2 Å². The van der Waals surface area contributed by atoms with E-state index in [0.717, 1.165) is 40.7 Å². The van der Waals surface area contributed by atoms with Crippen LogP contribution in [-0.2, 0) is 4.74 Å². The van der Waals surface area contributed by atoms with Crippen LogP contribution in [0.2, 0.25) is 0 Å². The van der Waals surface area contributed by atoms with Crippen molar-refractivity contribution in [3.05, 3.63) is 41.6 Å². The molecular formula is C22H27N5O3. The maximum absolute atomic E-state index is 12.6. The largest absolute Gasteiger partial charge is 0.493 e. The Morgan fingerprint density at radius 3 is 3.03 bits per heavy atom. The summed E-state index contributed by atoms with van der Waals surface area (Å²) in [5, 5.41) is 10.7. The number of hydrogen-bond acceptors (Lipinski definition) is 5. The number of hydrogen-bond donors (Lipinski definition) is 3. The Bertz CT molecular complexity index is 984. The summed E-state index contributed by atoms with van der Waals surface area (Å²) in [6.07, 6.45) is 4.92. The molecule has 0 radical (unpaired) electrons. The van der Waals surface area contributed by atoms with Crippen LogP contribution in [0.4, 0.5) is 0 Å². The van der Waals surface area contributed by atoms with E-state index in [1.165, 1.54) is 0 Å². The number of fused-ring (bicyclic) bond motifs is 1. The molecule has 158 valence electrons. The smallest absolute Gasteiger partial charge is 0.251 e. The molecule has 8 nitrogen and oxygen atoms in total. The van der Waals surface area contributed by atoms with Gasteiger partial charge in [-0.15, -0.1) is 0 Å². The summed E-state index contributed by atoms with van der Waals surface area (Å²) in [6, 6.07) is 7.41. The number of aromatic nitrogens is 1. The lowest BCUT2D eigenvalue weighted by Crippen LogP contribution is -2.25. The molecule has 0 aliphatic carbocycles. The molecule has 3 rings (SSSR count). The normalized spacial score (nSPS) is 14.3. The summed E-state index contributed by atoms with van der Waals surface area (Å²) in [5.74, 6) is 0.972. The number of carbonyl (C=O) groups is 1. The fourth-order valence-electron chi connectivity index (χ4n) is 3.26. The van der Waals surface area contributed by atoms with E-state index in [1.807, 2.05) is 25.1 Å². The SMILES string of the molecule is CCOc1cc(C2=CCOCC2)nc2cc(C(=O)NCCCC(N)=NC=N)ccc12. The molecule has 1 aromatic carbocycles. The first-order chi connectivity index (χ1) is 14.6. The van der Waals surface area contributed by atoms with E-state index in [0.29, 0.717) is 50.6 Å². The zero-order valence-corrected chi connectivity index (χ0v) is 17.1. The van der Waals surface area contributed by atoms with Crippen molar-refractivity contribution in [3.8, 4) is 5.75 Å². The third kappa shape index (κ3) is 5.42. The third-order valence-electron chi connectivity index (χ3n) is 4.75. The third-order valence-corrected chi connectivity index (χ3v) is 4.75. The van der Waals surface area contributed by atoms with Gasteiger partial charge in [-0.2, -0.15) is 0 Å². The van der Waals surface area contributed by atoms with Crippen LogP contribution < -0.4 is 15.8 Å². The average molecular weight is 409 g/mol. The molecule has 1 aliphatic rings. The van der Waals surface area contributed by atoms with Gasteiger partial charge in [0.05, 0.1) is 31.0 Å². The van der Waals surface area contributed by atoms with Crippen LogP contribution in [0.15, 0.2) is 35.3 Å². The summed E-state index contributed by atoms with van der Waals surface area (Å²) in [6.45, 7) is 4.22. The number of amidine groups is 1. The predicted molar refractivity (Wildman–Crippen MR) is 118 cm³/mol. The van der Waals surface area contributed by atoms with Crippen LogP contribution in [0, 0.1) is 5.41 Å². The van der Waals surface area contributed by atoms with Crippen molar-refractivity contribution in [2.45, 2.75) is 26.2 Å². The first kappa shape index (κ1) is 21.4. The quantitative estimate of drug-likeness (QED) is 0.334. The Morgan fingerprint density at radius 2 is 2.30 bits per heavy atom. The predicted octanol–water partition coefficient (Wildman–Crippen LogP) is 2.91. The van der Waals surface area contributed by atoms with Gasteiger partial charge in [0.15, 0.2) is 0 Å². The Labute approximate surface area is 175 Å². The van der Waals surface area contributed by atoms with Crippen LogP contribution >= 0.6 is 0 Å². The van der Waals surface area contributed by atoms with E-state index < -0.39 is 0 Å². The summed E-state index contributed by atoms with van der Waals surface area (Å²) in [4.78, 5) is 21.0. The minimum absolute atomic E-state index is 0.171. The zero-order chi connectivity index (χ0) is 21.3. The molecule has 0 saturated heterocycles. The van der Waals surface area contributed by atoms with Crippen LogP contribution in [0.25, 0.3) is 16.5 Å². The van der Waals surface area contributed by atoms with Gasteiger partial charge in [-0.25, -0.2) is 9.98 Å². The van der Waals surface area contributed by atoms with Crippen molar-refractivity contribution >= 4 is 34.6 Å². The standard InChI is InChI=1S/C22H27N5O3/c1-2-30-20-13-18(15-7-10-29-11-8-15)27-19-12-16(5-6-17(19)20)22(28)25-9-3-4-21(24)26-14-23/h5-7,12-14H,2-4,8-11H2,1H3,(H,25,28)(H3,23,24,26). The minimum atomic E-state index is -0.171. The molecular weight excluding hydrogens is 382 g/mol. The second kappa shape index (κ2) is 10.5. The molecule has 30 heavy (non-hydrogen) atoms. The van der Waals surface area contributed by atoms with Crippen molar-refractivity contribution in [1.29, 1.82) is 5.41 Å². The van der Waals surface area contributed by atoms with Crippen molar-refractivity contribution in [2.24, 2.45) is 10.7 Å². The fraction of sp³-hybridized carbons (Fsp3) is 0.364. The highest BCUT2D eigenvalue weighted by Gasteiger charge is 2.14. The highest BCUT2D eigenvalue weighted by molar-refractivity contribution is 5.99. The van der Waals surface area contributed by atoms with Crippen molar-refractivity contribution < 1.29 is 14.3 Å². The molecule has 8 heteroatoms. The number of carbonyl (C=O) groups excluding carboxylic acids is 1. The van der Waals surface area contributed by atoms with Crippen LogP contribution in [-0.4, -0.2) is 49.4 Å². The Morgan fingerprint density at radius 1 is 1.43 bits per heavy atom. The molecule has 4 N–H and O–H groups in total. The number of nitrogens with one attached hydrogen (secondary N) is 2. The number of nitrogens with two attached hydrogens (primary N) is 1. The first-order valence-corrected chi connectivity index (χ1v) is 10.1. The van der Waals surface area contributed by atoms with Gasteiger partial charge in [-0.05, 0) is 43.5 Å². The van der Waals surface area contributed by atoms with Crippen molar-refractivity contribution in [1.82, 2.24) is 10.3 Å². The number of aliphatic imine (C=N–C) groups is 1. The Hall–Kier alpha value is -3.26. The molecule has 2 aromatic rings. The topological polar surface area (TPSA) is 123 Å². The minimum Gasteiger partial charge on any atom is -0.493 e. The second-order valence-corrected chi connectivity index (χ2v) is 6.83. The van der Waals surface area contributed by atoms with Crippen LogP contribution in [0.3, 0.4) is 0 Å². The van der Waals surface area contributed by atoms with Crippen LogP contribution in [0.5, 0.6) is 5.75 Å². The summed E-state index contributed by atoms with van der Waals surface area (Å²) >= 11 is 0. The lowest BCUT2D eigenvalue weighted by atomic mass is 10.0. The molecule has 1 aromatic heterocycles. The number of pyridine rings is 1. The van der Waals surface area contributed by atoms with Gasteiger partial charge in [0, 0.05) is 30.0 Å². The zero-order valence-electron chi connectivity index (χ0n) is 17.1. The molecule has 0 atom stereocenters. The number of benzene rings is 1. The monoisotopic (exact) mass is 409 g/mol. The van der Waals surface area contributed by atoms with Gasteiger partial charge >= 0.3 is 0 Å². The number of ether oxygens (including phenoxy) is 2. The average Bonchev–Trinajstić information content (AvgIpc) is 2.77. The summed E-state index contributed by atoms with van der Waals surface area (Å²) < 4.78 is 11.2. The molecule has 0 unspecified atom stereocenters. The Balaban J connectivity index is 1.79. The number of rotatable bonds is 9. The van der Waals surface area contributed by atoms with E-state index in [2.05, 4.69) is 10.3 Å². The lowest BCUT2D eigenvalue weighted by molar-refractivity contribution is 0.0953. The molecule has 0 bridgehead atoms. The van der Waals surface area contributed by atoms with Crippen molar-refractivity contribution in [3.63, 3.8) is 0 Å². The summed E-state index contributed by atoms with van der Waals surface area (Å²) in [7, 11) is 0. The van der Waals surface area contributed by atoms with Gasteiger partial charge in [0.1, 0.15) is 17.9 Å². The highest BCUT2D eigenvalue weighted by Crippen LogP contribution is 2.30. The number of nitrogens with zero attached hydrogens (tertiary/aromatic N) is 2. The van der Waals surface area contributed by atoms with Crippen molar-refractivity contribution in [2.75, 3.05) is 26.4 Å². The summed E-state index contributed by atoms with van der Waals surface area (Å²) in [5.41, 5.74) is 8.88. The molecule has 0 fully saturated rings. The fourth-order valence-corrected chi connectivity index (χ4v) is 3.26. The van der Waals surface area contributed by atoms with Gasteiger partial charge < -0.3 is 20.5 Å². The molecule has 1 aliphatic heterocycles. The molecule has 0 spiro atoms. The first-order valence-electron chi connectivity index (χ1n) is 10.1. The van der Waals surface area contributed by atoms with Gasteiger partial charge in [-0.3, -0.25) is 10.2 Å². The van der Waals surface area contributed by atoms with Gasteiger partial charge in [0.25, 0.3) is 5.91 Å². The maximum atomic E-state index is 12.6. The highest BCUT2D eigenvalue weighted by atomic mass is 16.5.